The van der Waals surface area contributed by atoms with Crippen molar-refractivity contribution < 1.29 is 28.6 Å². The summed E-state index contributed by atoms with van der Waals surface area (Å²) >= 11 is 0. The van der Waals surface area contributed by atoms with E-state index in [2.05, 4.69) is 9.97 Å². The van der Waals surface area contributed by atoms with Crippen LogP contribution in [-0.4, -0.2) is 55.3 Å². The van der Waals surface area contributed by atoms with Crippen LogP contribution in [0.4, 0.5) is 9.59 Å². The molecule has 0 saturated carbocycles. The molecule has 0 aliphatic heterocycles. The lowest BCUT2D eigenvalue weighted by atomic mass is 9.97. The molecule has 0 bridgehead atoms. The monoisotopic (exact) mass is 618 g/mol. The van der Waals surface area contributed by atoms with Gasteiger partial charge in [-0.3, -0.25) is 4.57 Å². The fourth-order valence-electron chi connectivity index (χ4n) is 4.49. The van der Waals surface area contributed by atoms with Crippen LogP contribution in [0.15, 0.2) is 73.3 Å². The fraction of sp³-hybridized carbons (Fsp3) is 0.457. The molecule has 45 heavy (non-hydrogen) atoms. The number of amides is 2. The van der Waals surface area contributed by atoms with Gasteiger partial charge in [0, 0.05) is 18.9 Å². The number of imidazole rings is 1. The summed E-state index contributed by atoms with van der Waals surface area (Å²) in [5.74, 6) is -0.0953. The predicted octanol–water partition coefficient (Wildman–Crippen LogP) is 7.93. The number of ether oxygens (including phenoxy) is 3. The third-order valence-corrected chi connectivity index (χ3v) is 6.57. The molecule has 10 heteroatoms. The number of benzene rings is 1. The second-order valence-electron chi connectivity index (χ2n) is 12.9. The van der Waals surface area contributed by atoms with Gasteiger partial charge in [-0.1, -0.05) is 55.8 Å². The first kappa shape index (κ1) is 35.0. The molecular formula is C35H46N4O6. The molecule has 1 aromatic carbocycles. The maximum Gasteiger partial charge on any atom is 0.419 e. The van der Waals surface area contributed by atoms with Gasteiger partial charge >= 0.3 is 18.2 Å². The minimum absolute atomic E-state index is 0.0410. The Balaban J connectivity index is 1.94. The highest BCUT2D eigenvalue weighted by Gasteiger charge is 2.33. The van der Waals surface area contributed by atoms with Crippen molar-refractivity contribution in [3.05, 3.63) is 84.6 Å². The minimum atomic E-state index is -0.809. The lowest BCUT2D eigenvalue weighted by Gasteiger charge is -2.30. The summed E-state index contributed by atoms with van der Waals surface area (Å²) in [4.78, 5) is 49.9. The molecule has 10 nitrogen and oxygen atoms in total. The molecule has 0 aliphatic carbocycles. The van der Waals surface area contributed by atoms with Gasteiger partial charge in [0.1, 0.15) is 29.5 Å². The van der Waals surface area contributed by atoms with E-state index in [0.29, 0.717) is 24.4 Å². The highest BCUT2D eigenvalue weighted by molar-refractivity contribution is 6.15. The zero-order valence-corrected chi connectivity index (χ0v) is 27.6. The molecule has 0 spiro atoms. The summed E-state index contributed by atoms with van der Waals surface area (Å²) in [5, 5.41) is 0. The maximum atomic E-state index is 13.7. The highest BCUT2D eigenvalue weighted by atomic mass is 16.6. The molecule has 0 saturated heterocycles. The third-order valence-electron chi connectivity index (χ3n) is 6.57. The van der Waals surface area contributed by atoms with Gasteiger partial charge in [0.25, 0.3) is 0 Å². The number of esters is 1. The van der Waals surface area contributed by atoms with Gasteiger partial charge in [0.05, 0.1) is 11.3 Å². The molecule has 2 atom stereocenters. The molecule has 0 N–H and O–H groups in total. The van der Waals surface area contributed by atoms with Crippen LogP contribution in [0, 0.1) is 5.92 Å². The quantitative estimate of drug-likeness (QED) is 0.121. The van der Waals surface area contributed by atoms with Crippen molar-refractivity contribution in [2.45, 2.75) is 92.0 Å². The Morgan fingerprint density at radius 2 is 1.53 bits per heavy atom. The fourth-order valence-corrected chi connectivity index (χ4v) is 4.49. The summed E-state index contributed by atoms with van der Waals surface area (Å²) in [6.07, 6.45) is 6.52. The summed E-state index contributed by atoms with van der Waals surface area (Å²) in [6, 6.07) is 15.0. The topological polar surface area (TPSA) is 113 Å². The van der Waals surface area contributed by atoms with Gasteiger partial charge in [0.15, 0.2) is 0 Å². The SMILES string of the molecule is CCC[C@H](C/C=C(\C(=O)OC(C)c1ccccc1)c1cn(-c2ccccn2)cn1)CN(C(=O)OC(C)(C)C)C(=O)OC(C)(C)C. The number of carbonyl (C=O) groups is 3. The molecule has 0 radical (unpaired) electrons. The van der Waals surface area contributed by atoms with E-state index < -0.39 is 35.5 Å². The van der Waals surface area contributed by atoms with E-state index in [0.717, 1.165) is 16.9 Å². The molecule has 0 aliphatic rings. The molecule has 3 rings (SSSR count). The molecule has 1 unspecified atom stereocenters. The van der Waals surface area contributed by atoms with Gasteiger partial charge in [-0.25, -0.2) is 29.3 Å². The number of carbonyl (C=O) groups excluding carboxylic acids is 3. The molecule has 2 aromatic heterocycles. The predicted molar refractivity (Wildman–Crippen MR) is 172 cm³/mol. The number of aromatic nitrogens is 3. The summed E-state index contributed by atoms with van der Waals surface area (Å²) in [5.41, 5.74) is -0.0718. The van der Waals surface area contributed by atoms with Gasteiger partial charge in [-0.2, -0.15) is 0 Å². The van der Waals surface area contributed by atoms with Crippen LogP contribution in [0.2, 0.25) is 0 Å². The van der Waals surface area contributed by atoms with Crippen LogP contribution < -0.4 is 0 Å². The van der Waals surface area contributed by atoms with Gasteiger partial charge < -0.3 is 14.2 Å². The van der Waals surface area contributed by atoms with Gasteiger partial charge in [-0.05, 0) is 84.9 Å². The van der Waals surface area contributed by atoms with E-state index in [-0.39, 0.29) is 18.0 Å². The van der Waals surface area contributed by atoms with E-state index in [9.17, 15) is 14.4 Å². The first-order valence-electron chi connectivity index (χ1n) is 15.3. The standard InChI is InChI=1S/C35H46N4O6/c1-9-15-26(22-39(32(41)44-34(3,4)5)33(42)45-35(6,7)8)19-20-28(31(40)43-25(2)27-16-11-10-12-17-27)29-23-38(24-37-29)30-18-13-14-21-36-30/h10-14,16-18,20-21,23-26H,9,15,19,22H2,1-8H3/b28-20-/t25?,26-/m1/s1. The molecule has 2 amide bonds. The van der Waals surface area contributed by atoms with E-state index in [1.807, 2.05) is 62.4 Å². The Kier molecular flexibility index (Phi) is 12.1. The van der Waals surface area contributed by atoms with Crippen molar-refractivity contribution in [3.8, 4) is 5.82 Å². The van der Waals surface area contributed by atoms with Crippen LogP contribution in [-0.2, 0) is 19.0 Å². The smallest absolute Gasteiger partial charge is 0.419 e. The molecule has 2 heterocycles. The van der Waals surface area contributed by atoms with Crippen molar-refractivity contribution in [1.29, 1.82) is 0 Å². The first-order valence-corrected chi connectivity index (χ1v) is 15.3. The molecule has 0 fully saturated rings. The zero-order valence-electron chi connectivity index (χ0n) is 27.6. The number of imide groups is 1. The van der Waals surface area contributed by atoms with E-state index in [4.69, 9.17) is 14.2 Å². The highest BCUT2D eigenvalue weighted by Crippen LogP contribution is 2.26. The maximum absolute atomic E-state index is 13.7. The van der Waals surface area contributed by atoms with Crippen LogP contribution in [0.1, 0.15) is 92.0 Å². The van der Waals surface area contributed by atoms with Crippen LogP contribution in [0.3, 0.4) is 0 Å². The van der Waals surface area contributed by atoms with E-state index in [1.165, 1.54) is 0 Å². The summed E-state index contributed by atoms with van der Waals surface area (Å²) in [7, 11) is 0. The minimum Gasteiger partial charge on any atom is -0.454 e. The Labute approximate surface area is 266 Å². The largest absolute Gasteiger partial charge is 0.454 e. The van der Waals surface area contributed by atoms with Crippen molar-refractivity contribution in [2.75, 3.05) is 6.54 Å². The number of allylic oxidation sites excluding steroid dienone is 1. The molecule has 3 aromatic rings. The van der Waals surface area contributed by atoms with Crippen molar-refractivity contribution in [3.63, 3.8) is 0 Å². The number of hydrogen-bond acceptors (Lipinski definition) is 8. The van der Waals surface area contributed by atoms with Crippen molar-refractivity contribution >= 4 is 23.7 Å². The Morgan fingerprint density at radius 3 is 2.09 bits per heavy atom. The van der Waals surface area contributed by atoms with Gasteiger partial charge in [0.2, 0.25) is 0 Å². The Bertz CT molecular complexity index is 1410. The number of pyridine rings is 1. The van der Waals surface area contributed by atoms with Crippen LogP contribution in [0.5, 0.6) is 0 Å². The van der Waals surface area contributed by atoms with E-state index >= 15 is 0 Å². The van der Waals surface area contributed by atoms with Crippen LogP contribution in [0.25, 0.3) is 11.4 Å². The third kappa shape index (κ3) is 11.2. The zero-order chi connectivity index (χ0) is 33.2. The second-order valence-corrected chi connectivity index (χ2v) is 12.9. The average Bonchev–Trinajstić information content (AvgIpc) is 3.45. The van der Waals surface area contributed by atoms with Crippen LogP contribution >= 0.6 is 0 Å². The van der Waals surface area contributed by atoms with Gasteiger partial charge in [-0.15, -0.1) is 0 Å². The lowest BCUT2D eigenvalue weighted by Crippen LogP contribution is -2.45. The van der Waals surface area contributed by atoms with Crippen molar-refractivity contribution in [1.82, 2.24) is 19.4 Å². The number of nitrogens with zero attached hydrogens (tertiary/aromatic N) is 4. The Morgan fingerprint density at radius 1 is 0.911 bits per heavy atom. The first-order chi connectivity index (χ1) is 21.2. The number of rotatable bonds is 11. The summed E-state index contributed by atoms with van der Waals surface area (Å²) in [6.45, 7) is 14.3. The normalized spacial score (nSPS) is 13.5. The average molecular weight is 619 g/mol. The molecule has 242 valence electrons. The second kappa shape index (κ2) is 15.5. The number of hydrogen-bond donors (Lipinski definition) is 0. The Hall–Kier alpha value is -4.47. The summed E-state index contributed by atoms with van der Waals surface area (Å²) < 4.78 is 18.7. The van der Waals surface area contributed by atoms with E-state index in [1.54, 1.807) is 70.9 Å². The van der Waals surface area contributed by atoms with Crippen molar-refractivity contribution in [2.24, 2.45) is 5.92 Å². The molecular weight excluding hydrogens is 572 g/mol. The lowest BCUT2D eigenvalue weighted by molar-refractivity contribution is -0.141.